The highest BCUT2D eigenvalue weighted by atomic mass is 16.5. The summed E-state index contributed by atoms with van der Waals surface area (Å²) in [6.45, 7) is 8.26. The summed E-state index contributed by atoms with van der Waals surface area (Å²) >= 11 is 0. The fraction of sp³-hybridized carbons (Fsp3) is 0.643. The van der Waals surface area contributed by atoms with Crippen molar-refractivity contribution in [2.45, 2.75) is 32.9 Å². The minimum atomic E-state index is 0.203. The Hall–Kier alpha value is -0.970. The van der Waals surface area contributed by atoms with Gasteiger partial charge in [0.2, 0.25) is 0 Å². The summed E-state index contributed by atoms with van der Waals surface area (Å²) in [6, 6.07) is 4.32. The van der Waals surface area contributed by atoms with Crippen molar-refractivity contribution in [2.75, 3.05) is 26.7 Å². The van der Waals surface area contributed by atoms with E-state index in [2.05, 4.69) is 23.0 Å². The van der Waals surface area contributed by atoms with E-state index in [4.69, 9.17) is 10.5 Å². The average molecular weight is 251 g/mol. The molecule has 0 aliphatic rings. The molecule has 1 rings (SSSR count). The lowest BCUT2D eigenvalue weighted by atomic mass is 10.1. The Morgan fingerprint density at radius 1 is 1.39 bits per heavy atom. The predicted octanol–water partition coefficient (Wildman–Crippen LogP) is 1.75. The van der Waals surface area contributed by atoms with Gasteiger partial charge in [-0.15, -0.1) is 0 Å². The standard InChI is InChI=1S/C14H25N3O/c1-11(2)18-8-7-17(4)14(9-15)13-6-5-12(3)16-10-13/h5-6,10-11,14H,7-9,15H2,1-4H3. The topological polar surface area (TPSA) is 51.4 Å². The van der Waals surface area contributed by atoms with Gasteiger partial charge in [0.15, 0.2) is 0 Å². The number of nitrogens with zero attached hydrogens (tertiary/aromatic N) is 2. The number of likely N-dealkylation sites (N-methyl/N-ethyl adjacent to an activating group) is 1. The summed E-state index contributed by atoms with van der Waals surface area (Å²) in [5.74, 6) is 0. The average Bonchev–Trinajstić information content (AvgIpc) is 2.32. The molecule has 1 atom stereocenters. The van der Waals surface area contributed by atoms with Crippen LogP contribution in [0.25, 0.3) is 0 Å². The largest absolute Gasteiger partial charge is 0.377 e. The molecule has 18 heavy (non-hydrogen) atoms. The second-order valence-electron chi connectivity index (χ2n) is 4.88. The van der Waals surface area contributed by atoms with Crippen LogP contribution in [0.4, 0.5) is 0 Å². The summed E-state index contributed by atoms with van der Waals surface area (Å²) in [5, 5.41) is 0. The number of aryl methyl sites for hydroxylation is 1. The molecule has 1 heterocycles. The molecule has 0 saturated carbocycles. The molecule has 1 aromatic rings. The van der Waals surface area contributed by atoms with E-state index < -0.39 is 0 Å². The third kappa shape index (κ3) is 4.72. The van der Waals surface area contributed by atoms with Crippen LogP contribution in [0, 0.1) is 6.92 Å². The lowest BCUT2D eigenvalue weighted by Gasteiger charge is -2.27. The predicted molar refractivity (Wildman–Crippen MR) is 74.5 cm³/mol. The Morgan fingerprint density at radius 2 is 2.11 bits per heavy atom. The number of hydrogen-bond acceptors (Lipinski definition) is 4. The van der Waals surface area contributed by atoms with Crippen molar-refractivity contribution in [1.82, 2.24) is 9.88 Å². The molecular formula is C14H25N3O. The molecule has 0 spiro atoms. The number of rotatable bonds is 7. The highest BCUT2D eigenvalue weighted by Gasteiger charge is 2.15. The maximum absolute atomic E-state index is 5.87. The minimum absolute atomic E-state index is 0.203. The first-order chi connectivity index (χ1) is 8.54. The van der Waals surface area contributed by atoms with Gasteiger partial charge in [0.1, 0.15) is 0 Å². The van der Waals surface area contributed by atoms with E-state index >= 15 is 0 Å². The van der Waals surface area contributed by atoms with Gasteiger partial charge in [0, 0.05) is 31.0 Å². The Bertz CT molecular complexity index is 337. The molecule has 4 nitrogen and oxygen atoms in total. The van der Waals surface area contributed by atoms with Crippen molar-refractivity contribution in [3.05, 3.63) is 29.6 Å². The van der Waals surface area contributed by atoms with Crippen LogP contribution in [0.1, 0.15) is 31.1 Å². The zero-order valence-electron chi connectivity index (χ0n) is 11.9. The van der Waals surface area contributed by atoms with E-state index in [1.54, 1.807) is 0 Å². The maximum Gasteiger partial charge on any atom is 0.0597 e. The van der Waals surface area contributed by atoms with Gasteiger partial charge in [-0.05, 0) is 39.4 Å². The monoisotopic (exact) mass is 251 g/mol. The van der Waals surface area contributed by atoms with Crippen molar-refractivity contribution in [3.8, 4) is 0 Å². The van der Waals surface area contributed by atoms with Crippen LogP contribution in [0.15, 0.2) is 18.3 Å². The smallest absolute Gasteiger partial charge is 0.0597 e. The van der Waals surface area contributed by atoms with Crippen LogP contribution in [-0.2, 0) is 4.74 Å². The van der Waals surface area contributed by atoms with Crippen LogP contribution in [0.3, 0.4) is 0 Å². The summed E-state index contributed by atoms with van der Waals surface area (Å²) in [6.07, 6.45) is 2.18. The van der Waals surface area contributed by atoms with Gasteiger partial charge >= 0.3 is 0 Å². The summed E-state index contributed by atoms with van der Waals surface area (Å²) in [4.78, 5) is 6.54. The first kappa shape index (κ1) is 15.1. The van der Waals surface area contributed by atoms with Crippen molar-refractivity contribution in [2.24, 2.45) is 5.73 Å². The first-order valence-electron chi connectivity index (χ1n) is 6.49. The molecule has 4 heteroatoms. The quantitative estimate of drug-likeness (QED) is 0.802. The molecule has 102 valence electrons. The molecular weight excluding hydrogens is 226 g/mol. The van der Waals surface area contributed by atoms with Crippen LogP contribution in [-0.4, -0.2) is 42.7 Å². The SMILES string of the molecule is Cc1ccc(C(CN)N(C)CCOC(C)C)cn1. The molecule has 0 aromatic carbocycles. The third-order valence-electron chi connectivity index (χ3n) is 2.97. The van der Waals surface area contributed by atoms with E-state index in [1.807, 2.05) is 33.0 Å². The number of pyridine rings is 1. The number of aromatic nitrogens is 1. The van der Waals surface area contributed by atoms with Crippen molar-refractivity contribution in [1.29, 1.82) is 0 Å². The fourth-order valence-corrected chi connectivity index (χ4v) is 1.84. The van der Waals surface area contributed by atoms with E-state index in [0.717, 1.165) is 24.4 Å². The molecule has 0 bridgehead atoms. The van der Waals surface area contributed by atoms with E-state index in [0.29, 0.717) is 6.54 Å². The molecule has 1 unspecified atom stereocenters. The van der Waals surface area contributed by atoms with Crippen molar-refractivity contribution >= 4 is 0 Å². The van der Waals surface area contributed by atoms with Crippen molar-refractivity contribution < 1.29 is 4.74 Å². The molecule has 0 amide bonds. The summed E-state index contributed by atoms with van der Waals surface area (Å²) < 4.78 is 5.56. The maximum atomic E-state index is 5.87. The van der Waals surface area contributed by atoms with Crippen LogP contribution >= 0.6 is 0 Å². The van der Waals surface area contributed by atoms with Crippen LogP contribution < -0.4 is 5.73 Å². The van der Waals surface area contributed by atoms with Gasteiger partial charge in [0.05, 0.1) is 12.7 Å². The second kappa shape index (κ2) is 7.46. The van der Waals surface area contributed by atoms with E-state index in [9.17, 15) is 0 Å². The molecule has 0 radical (unpaired) electrons. The Kier molecular flexibility index (Phi) is 6.25. The highest BCUT2D eigenvalue weighted by molar-refractivity contribution is 5.17. The summed E-state index contributed by atoms with van der Waals surface area (Å²) in [5.41, 5.74) is 8.06. The van der Waals surface area contributed by atoms with Crippen molar-refractivity contribution in [3.63, 3.8) is 0 Å². The van der Waals surface area contributed by atoms with Gasteiger partial charge in [-0.1, -0.05) is 6.07 Å². The molecule has 1 aromatic heterocycles. The molecule has 0 saturated heterocycles. The Morgan fingerprint density at radius 3 is 2.61 bits per heavy atom. The van der Waals surface area contributed by atoms with Crippen LogP contribution in [0.2, 0.25) is 0 Å². The molecule has 0 aliphatic heterocycles. The zero-order chi connectivity index (χ0) is 13.5. The zero-order valence-corrected chi connectivity index (χ0v) is 11.9. The third-order valence-corrected chi connectivity index (χ3v) is 2.97. The van der Waals surface area contributed by atoms with Gasteiger partial charge in [-0.2, -0.15) is 0 Å². The Balaban J connectivity index is 2.56. The molecule has 0 fully saturated rings. The summed E-state index contributed by atoms with van der Waals surface area (Å²) in [7, 11) is 2.07. The number of ether oxygens (including phenoxy) is 1. The fourth-order valence-electron chi connectivity index (χ4n) is 1.84. The van der Waals surface area contributed by atoms with Gasteiger partial charge in [-0.3, -0.25) is 9.88 Å². The number of nitrogens with two attached hydrogens (primary N) is 1. The number of hydrogen-bond donors (Lipinski definition) is 1. The molecule has 0 aliphatic carbocycles. The van der Waals surface area contributed by atoms with E-state index in [-0.39, 0.29) is 12.1 Å². The first-order valence-corrected chi connectivity index (χ1v) is 6.49. The van der Waals surface area contributed by atoms with E-state index in [1.165, 1.54) is 0 Å². The van der Waals surface area contributed by atoms with Crippen LogP contribution in [0.5, 0.6) is 0 Å². The molecule has 2 N–H and O–H groups in total. The lowest BCUT2D eigenvalue weighted by molar-refractivity contribution is 0.0564. The highest BCUT2D eigenvalue weighted by Crippen LogP contribution is 2.17. The normalized spacial score (nSPS) is 13.3. The Labute approximate surface area is 110 Å². The van der Waals surface area contributed by atoms with Gasteiger partial charge < -0.3 is 10.5 Å². The lowest BCUT2D eigenvalue weighted by Crippen LogP contribution is -2.33. The van der Waals surface area contributed by atoms with Gasteiger partial charge in [-0.25, -0.2) is 0 Å². The second-order valence-corrected chi connectivity index (χ2v) is 4.88. The minimum Gasteiger partial charge on any atom is -0.377 e. The van der Waals surface area contributed by atoms with Gasteiger partial charge in [0.25, 0.3) is 0 Å².